The van der Waals surface area contributed by atoms with Gasteiger partial charge in [0.1, 0.15) is 12.4 Å². The largest absolute Gasteiger partial charge is 0.405 e. The van der Waals surface area contributed by atoms with E-state index < -0.39 is 18.5 Å². The fourth-order valence-electron chi connectivity index (χ4n) is 2.18. The van der Waals surface area contributed by atoms with Gasteiger partial charge in [-0.15, -0.1) is 0 Å². The monoisotopic (exact) mass is 306 g/mol. The highest BCUT2D eigenvalue weighted by molar-refractivity contribution is 5.54. The van der Waals surface area contributed by atoms with E-state index in [0.29, 0.717) is 24.2 Å². The highest BCUT2D eigenvalue weighted by Crippen LogP contribution is 2.27. The Morgan fingerprint density at radius 1 is 1.14 bits per heavy atom. The van der Waals surface area contributed by atoms with Crippen molar-refractivity contribution < 1.29 is 17.6 Å². The van der Waals surface area contributed by atoms with Gasteiger partial charge in [-0.25, -0.2) is 4.39 Å². The van der Waals surface area contributed by atoms with Gasteiger partial charge in [-0.1, -0.05) is 19.9 Å². The summed E-state index contributed by atoms with van der Waals surface area (Å²) in [6.07, 6.45) is -2.87. The van der Waals surface area contributed by atoms with E-state index in [1.807, 2.05) is 6.92 Å². The molecule has 0 aliphatic rings. The second-order valence-electron chi connectivity index (χ2n) is 4.95. The second-order valence-corrected chi connectivity index (χ2v) is 4.95. The molecule has 0 amide bonds. The van der Waals surface area contributed by atoms with Crippen LogP contribution in [0.25, 0.3) is 0 Å². The Kier molecular flexibility index (Phi) is 6.95. The summed E-state index contributed by atoms with van der Waals surface area (Å²) in [5.41, 5.74) is 0.612. The third-order valence-electron chi connectivity index (χ3n) is 3.03. The molecule has 21 heavy (non-hydrogen) atoms. The smallest absolute Gasteiger partial charge is 0.362 e. The van der Waals surface area contributed by atoms with Gasteiger partial charge in [0.05, 0.1) is 0 Å². The number of hydrogen-bond acceptors (Lipinski definition) is 2. The first-order valence-corrected chi connectivity index (χ1v) is 7.18. The molecular formula is C15H22F4N2. The molecule has 0 aromatic heterocycles. The summed E-state index contributed by atoms with van der Waals surface area (Å²) < 4.78 is 52.1. The van der Waals surface area contributed by atoms with Crippen molar-refractivity contribution in [2.45, 2.75) is 39.4 Å². The second kappa shape index (κ2) is 8.22. The van der Waals surface area contributed by atoms with Gasteiger partial charge in [0.25, 0.3) is 0 Å². The molecule has 0 saturated carbocycles. The van der Waals surface area contributed by atoms with Crippen LogP contribution in [0.15, 0.2) is 18.2 Å². The molecular weight excluding hydrogens is 284 g/mol. The van der Waals surface area contributed by atoms with Crippen molar-refractivity contribution in [3.05, 3.63) is 29.6 Å². The Morgan fingerprint density at radius 2 is 1.86 bits per heavy atom. The maximum atomic E-state index is 14.0. The first-order chi connectivity index (χ1) is 9.89. The molecule has 0 unspecified atom stereocenters. The number of alkyl halides is 3. The fourth-order valence-corrected chi connectivity index (χ4v) is 2.18. The van der Waals surface area contributed by atoms with Gasteiger partial charge in [-0.05, 0) is 31.5 Å². The molecule has 0 atom stereocenters. The van der Waals surface area contributed by atoms with Crippen molar-refractivity contribution in [1.82, 2.24) is 5.32 Å². The van der Waals surface area contributed by atoms with Gasteiger partial charge in [0, 0.05) is 24.3 Å². The lowest BCUT2D eigenvalue weighted by Crippen LogP contribution is -2.36. The summed E-state index contributed by atoms with van der Waals surface area (Å²) >= 11 is 0. The lowest BCUT2D eigenvalue weighted by Gasteiger charge is -2.28. The van der Waals surface area contributed by atoms with Crippen LogP contribution in [0.5, 0.6) is 0 Å². The molecule has 1 N–H and O–H groups in total. The Hall–Kier alpha value is -1.30. The molecule has 0 bridgehead atoms. The first kappa shape index (κ1) is 17.8. The van der Waals surface area contributed by atoms with Crippen LogP contribution in [0.2, 0.25) is 0 Å². The third kappa shape index (κ3) is 5.91. The van der Waals surface area contributed by atoms with Crippen molar-refractivity contribution in [2.24, 2.45) is 0 Å². The van der Waals surface area contributed by atoms with Crippen LogP contribution in [-0.2, 0) is 6.54 Å². The predicted octanol–water partition coefficient (Wildman–Crippen LogP) is 4.10. The molecule has 0 saturated heterocycles. The van der Waals surface area contributed by atoms with E-state index in [9.17, 15) is 17.6 Å². The topological polar surface area (TPSA) is 15.3 Å². The molecule has 0 spiro atoms. The Morgan fingerprint density at radius 3 is 2.43 bits per heavy atom. The molecule has 0 aliphatic carbocycles. The van der Waals surface area contributed by atoms with Gasteiger partial charge in [0.15, 0.2) is 0 Å². The maximum Gasteiger partial charge on any atom is 0.405 e. The van der Waals surface area contributed by atoms with E-state index >= 15 is 0 Å². The minimum atomic E-state index is -4.31. The van der Waals surface area contributed by atoms with E-state index in [2.05, 4.69) is 5.32 Å². The van der Waals surface area contributed by atoms with Crippen LogP contribution in [0.4, 0.5) is 23.2 Å². The molecule has 6 heteroatoms. The summed E-state index contributed by atoms with van der Waals surface area (Å²) in [4.78, 5) is 1.20. The standard InChI is InChI=1S/C15H22F4N2/c1-3-8-20-10-12-13(16)6-5-7-14(12)21(9-4-2)11-15(17,18)19/h5-7,20H,3-4,8-11H2,1-2H3. The first-order valence-electron chi connectivity index (χ1n) is 7.18. The summed E-state index contributed by atoms with van der Waals surface area (Å²) in [5, 5.41) is 3.04. The van der Waals surface area contributed by atoms with Crippen LogP contribution in [-0.4, -0.2) is 25.8 Å². The van der Waals surface area contributed by atoms with E-state index in [4.69, 9.17) is 0 Å². The zero-order valence-electron chi connectivity index (χ0n) is 12.4. The normalized spacial score (nSPS) is 11.7. The molecule has 1 rings (SSSR count). The summed E-state index contributed by atoms with van der Waals surface area (Å²) in [7, 11) is 0. The number of halogens is 4. The average Bonchev–Trinajstić information content (AvgIpc) is 2.39. The molecule has 1 aromatic carbocycles. The molecule has 2 nitrogen and oxygen atoms in total. The van der Waals surface area contributed by atoms with Gasteiger partial charge in [-0.3, -0.25) is 0 Å². The van der Waals surface area contributed by atoms with Crippen LogP contribution >= 0.6 is 0 Å². The number of nitrogens with zero attached hydrogens (tertiary/aromatic N) is 1. The molecule has 0 heterocycles. The fraction of sp³-hybridized carbons (Fsp3) is 0.600. The van der Waals surface area contributed by atoms with Crippen molar-refractivity contribution in [1.29, 1.82) is 0 Å². The average molecular weight is 306 g/mol. The lowest BCUT2D eigenvalue weighted by atomic mass is 10.1. The number of benzene rings is 1. The van der Waals surface area contributed by atoms with Crippen molar-refractivity contribution >= 4 is 5.69 Å². The van der Waals surface area contributed by atoms with Crippen LogP contribution in [0.1, 0.15) is 32.3 Å². The van der Waals surface area contributed by atoms with Crippen molar-refractivity contribution in [3.63, 3.8) is 0 Å². The molecule has 0 radical (unpaired) electrons. The van der Waals surface area contributed by atoms with E-state index in [0.717, 1.165) is 6.42 Å². The van der Waals surface area contributed by atoms with Gasteiger partial charge in [-0.2, -0.15) is 13.2 Å². The number of nitrogens with one attached hydrogen (secondary N) is 1. The van der Waals surface area contributed by atoms with Crippen LogP contribution in [0.3, 0.4) is 0 Å². The molecule has 0 aliphatic heterocycles. The summed E-state index contributed by atoms with van der Waals surface area (Å²) in [6.45, 7) is 3.88. The minimum absolute atomic E-state index is 0.230. The summed E-state index contributed by atoms with van der Waals surface area (Å²) in [6, 6.07) is 4.28. The maximum absolute atomic E-state index is 14.0. The van der Waals surface area contributed by atoms with Gasteiger partial charge >= 0.3 is 6.18 Å². The minimum Gasteiger partial charge on any atom is -0.362 e. The van der Waals surface area contributed by atoms with Gasteiger partial charge in [0.2, 0.25) is 0 Å². The SMILES string of the molecule is CCCNCc1c(F)cccc1N(CCC)CC(F)(F)F. The van der Waals surface area contributed by atoms with Crippen molar-refractivity contribution in [3.8, 4) is 0 Å². The number of hydrogen-bond donors (Lipinski definition) is 1. The van der Waals surface area contributed by atoms with Gasteiger partial charge < -0.3 is 10.2 Å². The van der Waals surface area contributed by atoms with Crippen molar-refractivity contribution in [2.75, 3.05) is 24.5 Å². The number of rotatable bonds is 8. The zero-order chi connectivity index (χ0) is 15.9. The highest BCUT2D eigenvalue weighted by Gasteiger charge is 2.31. The summed E-state index contributed by atoms with van der Waals surface area (Å²) in [5.74, 6) is -0.473. The van der Waals surface area contributed by atoms with E-state index in [-0.39, 0.29) is 13.1 Å². The quantitative estimate of drug-likeness (QED) is 0.574. The third-order valence-corrected chi connectivity index (χ3v) is 3.03. The molecule has 120 valence electrons. The highest BCUT2D eigenvalue weighted by atomic mass is 19.4. The van der Waals surface area contributed by atoms with E-state index in [1.54, 1.807) is 13.0 Å². The van der Waals surface area contributed by atoms with Crippen LogP contribution in [0, 0.1) is 5.82 Å². The van der Waals surface area contributed by atoms with E-state index in [1.165, 1.54) is 17.0 Å². The zero-order valence-corrected chi connectivity index (χ0v) is 12.4. The predicted molar refractivity (Wildman–Crippen MR) is 77.0 cm³/mol. The molecule has 1 aromatic rings. The Balaban J connectivity index is 3.02. The Bertz CT molecular complexity index is 432. The molecule has 0 fully saturated rings. The lowest BCUT2D eigenvalue weighted by molar-refractivity contribution is -0.119. The van der Waals surface area contributed by atoms with Crippen LogP contribution < -0.4 is 10.2 Å². The Labute approximate surface area is 123 Å². The number of anilines is 1.